The monoisotopic (exact) mass is 261 g/mol. The summed E-state index contributed by atoms with van der Waals surface area (Å²) in [6.07, 6.45) is 6.46. The number of rotatable bonds is 2. The number of hydrogen-bond donors (Lipinski definition) is 2. The third-order valence-electron chi connectivity index (χ3n) is 3.42. The quantitative estimate of drug-likeness (QED) is 0.869. The molecule has 2 heterocycles. The number of hydrogen-bond acceptors (Lipinski definition) is 3. The standard InChI is InChI=1S/C13H15N3OS/c1-8-5-14-6-10(8)13(17)16-9-2-3-11-12(4-9)18-7-15-11/h5-7,9,14H,2-4H2,1H3,(H,16,17)/t9-/m0/s1. The number of carbonyl (C=O) groups excluding carboxylic acids is 1. The van der Waals surface area contributed by atoms with Gasteiger partial charge in [0, 0.05) is 29.7 Å². The summed E-state index contributed by atoms with van der Waals surface area (Å²) in [6, 6.07) is 0.236. The van der Waals surface area contributed by atoms with E-state index in [2.05, 4.69) is 15.3 Å². The molecule has 0 unspecified atom stereocenters. The number of fused-ring (bicyclic) bond motifs is 1. The minimum absolute atomic E-state index is 0.0201. The van der Waals surface area contributed by atoms with E-state index in [1.807, 2.05) is 18.6 Å². The Labute approximate surface area is 109 Å². The van der Waals surface area contributed by atoms with E-state index < -0.39 is 0 Å². The van der Waals surface area contributed by atoms with Gasteiger partial charge >= 0.3 is 0 Å². The molecule has 1 amide bonds. The summed E-state index contributed by atoms with van der Waals surface area (Å²) in [7, 11) is 0. The highest BCUT2D eigenvalue weighted by molar-refractivity contribution is 7.09. The molecule has 18 heavy (non-hydrogen) atoms. The number of carbonyl (C=O) groups is 1. The summed E-state index contributed by atoms with van der Waals surface area (Å²) in [6.45, 7) is 1.94. The molecule has 1 aliphatic carbocycles. The van der Waals surface area contributed by atoms with Crippen molar-refractivity contribution >= 4 is 17.2 Å². The van der Waals surface area contributed by atoms with Crippen LogP contribution in [0.3, 0.4) is 0 Å². The van der Waals surface area contributed by atoms with Crippen molar-refractivity contribution in [2.24, 2.45) is 0 Å². The molecule has 1 aliphatic rings. The third-order valence-corrected chi connectivity index (χ3v) is 4.32. The maximum atomic E-state index is 12.1. The van der Waals surface area contributed by atoms with Crippen LogP contribution >= 0.6 is 11.3 Å². The number of aryl methyl sites for hydroxylation is 2. The summed E-state index contributed by atoms with van der Waals surface area (Å²) in [4.78, 5) is 20.7. The fourth-order valence-corrected chi connectivity index (χ4v) is 3.27. The van der Waals surface area contributed by atoms with Crippen LogP contribution in [0.1, 0.15) is 32.9 Å². The number of aromatic amines is 1. The Morgan fingerprint density at radius 2 is 2.44 bits per heavy atom. The molecule has 0 saturated heterocycles. The number of amides is 1. The first kappa shape index (κ1) is 11.5. The second-order valence-corrected chi connectivity index (χ2v) is 5.63. The van der Waals surface area contributed by atoms with Gasteiger partial charge in [0.2, 0.25) is 0 Å². The molecule has 94 valence electrons. The molecule has 2 N–H and O–H groups in total. The Morgan fingerprint density at radius 1 is 1.56 bits per heavy atom. The zero-order chi connectivity index (χ0) is 12.5. The lowest BCUT2D eigenvalue weighted by Crippen LogP contribution is -2.38. The van der Waals surface area contributed by atoms with Crippen molar-refractivity contribution in [1.29, 1.82) is 0 Å². The molecule has 0 fully saturated rings. The first-order chi connectivity index (χ1) is 8.74. The van der Waals surface area contributed by atoms with Crippen LogP contribution in [0.5, 0.6) is 0 Å². The maximum absolute atomic E-state index is 12.1. The van der Waals surface area contributed by atoms with E-state index in [0.29, 0.717) is 0 Å². The van der Waals surface area contributed by atoms with Gasteiger partial charge in [0.15, 0.2) is 0 Å². The minimum atomic E-state index is 0.0201. The highest BCUT2D eigenvalue weighted by atomic mass is 32.1. The smallest absolute Gasteiger partial charge is 0.253 e. The van der Waals surface area contributed by atoms with Crippen LogP contribution in [0.4, 0.5) is 0 Å². The van der Waals surface area contributed by atoms with Crippen molar-refractivity contribution < 1.29 is 4.79 Å². The van der Waals surface area contributed by atoms with E-state index in [1.165, 1.54) is 10.6 Å². The Hall–Kier alpha value is -1.62. The molecule has 0 spiro atoms. The molecule has 1 atom stereocenters. The molecule has 4 nitrogen and oxygen atoms in total. The number of aromatic nitrogens is 2. The minimum Gasteiger partial charge on any atom is -0.367 e. The zero-order valence-corrected chi connectivity index (χ0v) is 11.0. The van der Waals surface area contributed by atoms with Gasteiger partial charge < -0.3 is 10.3 Å². The van der Waals surface area contributed by atoms with Crippen LogP contribution < -0.4 is 5.32 Å². The van der Waals surface area contributed by atoms with Crippen LogP contribution in [0.2, 0.25) is 0 Å². The lowest BCUT2D eigenvalue weighted by Gasteiger charge is -2.22. The fourth-order valence-electron chi connectivity index (χ4n) is 2.37. The Balaban J connectivity index is 1.68. The van der Waals surface area contributed by atoms with Crippen LogP contribution in [0.15, 0.2) is 17.9 Å². The predicted molar refractivity (Wildman–Crippen MR) is 70.9 cm³/mol. The fraction of sp³-hybridized carbons (Fsp3) is 0.385. The van der Waals surface area contributed by atoms with Crippen molar-refractivity contribution in [2.45, 2.75) is 32.2 Å². The van der Waals surface area contributed by atoms with Gasteiger partial charge in [-0.05, 0) is 25.3 Å². The molecular formula is C13H15N3OS. The lowest BCUT2D eigenvalue weighted by atomic mass is 9.97. The van der Waals surface area contributed by atoms with Crippen molar-refractivity contribution in [2.75, 3.05) is 0 Å². The molecule has 2 aromatic rings. The van der Waals surface area contributed by atoms with Gasteiger partial charge in [0.05, 0.1) is 16.8 Å². The number of nitrogens with one attached hydrogen (secondary N) is 2. The third kappa shape index (κ3) is 2.06. The van der Waals surface area contributed by atoms with E-state index in [0.717, 1.165) is 30.4 Å². The largest absolute Gasteiger partial charge is 0.367 e. The van der Waals surface area contributed by atoms with Gasteiger partial charge in [-0.2, -0.15) is 0 Å². The van der Waals surface area contributed by atoms with Gasteiger partial charge in [-0.3, -0.25) is 4.79 Å². The highest BCUT2D eigenvalue weighted by Crippen LogP contribution is 2.24. The molecule has 3 rings (SSSR count). The van der Waals surface area contributed by atoms with Crippen molar-refractivity contribution in [1.82, 2.24) is 15.3 Å². The zero-order valence-electron chi connectivity index (χ0n) is 10.2. The van der Waals surface area contributed by atoms with E-state index in [9.17, 15) is 4.79 Å². The summed E-state index contributed by atoms with van der Waals surface area (Å²) >= 11 is 1.69. The highest BCUT2D eigenvalue weighted by Gasteiger charge is 2.23. The molecule has 0 aromatic carbocycles. The molecule has 0 radical (unpaired) electrons. The predicted octanol–water partition coefficient (Wildman–Crippen LogP) is 2.07. The Bertz CT molecular complexity index is 572. The van der Waals surface area contributed by atoms with Crippen LogP contribution in [0, 0.1) is 6.92 Å². The van der Waals surface area contributed by atoms with Gasteiger partial charge in [-0.1, -0.05) is 0 Å². The first-order valence-corrected chi connectivity index (χ1v) is 6.97. The van der Waals surface area contributed by atoms with Gasteiger partial charge in [0.1, 0.15) is 0 Å². The van der Waals surface area contributed by atoms with Crippen LogP contribution in [0.25, 0.3) is 0 Å². The Morgan fingerprint density at radius 3 is 3.22 bits per heavy atom. The normalized spacial score (nSPS) is 18.4. The maximum Gasteiger partial charge on any atom is 0.253 e. The Kier molecular flexibility index (Phi) is 2.91. The van der Waals surface area contributed by atoms with Gasteiger partial charge in [0.25, 0.3) is 5.91 Å². The van der Waals surface area contributed by atoms with E-state index in [4.69, 9.17) is 0 Å². The average Bonchev–Trinajstić information content (AvgIpc) is 2.96. The first-order valence-electron chi connectivity index (χ1n) is 6.09. The number of thiazole rings is 1. The molecule has 5 heteroatoms. The summed E-state index contributed by atoms with van der Waals surface area (Å²) < 4.78 is 0. The van der Waals surface area contributed by atoms with Crippen LogP contribution in [-0.4, -0.2) is 21.9 Å². The van der Waals surface area contributed by atoms with Gasteiger partial charge in [-0.15, -0.1) is 11.3 Å². The molecule has 0 bridgehead atoms. The second-order valence-electron chi connectivity index (χ2n) is 4.69. The van der Waals surface area contributed by atoms with E-state index >= 15 is 0 Å². The van der Waals surface area contributed by atoms with Crippen molar-refractivity contribution in [3.63, 3.8) is 0 Å². The van der Waals surface area contributed by atoms with E-state index in [-0.39, 0.29) is 11.9 Å². The number of H-pyrrole nitrogens is 1. The lowest BCUT2D eigenvalue weighted by molar-refractivity contribution is 0.0933. The molecular weight excluding hydrogens is 246 g/mol. The van der Waals surface area contributed by atoms with Gasteiger partial charge in [-0.25, -0.2) is 4.98 Å². The van der Waals surface area contributed by atoms with Crippen LogP contribution in [-0.2, 0) is 12.8 Å². The SMILES string of the molecule is Cc1c[nH]cc1C(=O)N[C@H]1CCc2ncsc2C1. The van der Waals surface area contributed by atoms with E-state index in [1.54, 1.807) is 17.5 Å². The topological polar surface area (TPSA) is 57.8 Å². The summed E-state index contributed by atoms with van der Waals surface area (Å²) in [5.41, 5.74) is 4.83. The second kappa shape index (κ2) is 4.57. The van der Waals surface area contributed by atoms with Crippen molar-refractivity contribution in [3.8, 4) is 0 Å². The number of nitrogens with zero attached hydrogens (tertiary/aromatic N) is 1. The average molecular weight is 261 g/mol. The molecule has 0 saturated carbocycles. The molecule has 2 aromatic heterocycles. The summed E-state index contributed by atoms with van der Waals surface area (Å²) in [5.74, 6) is 0.0201. The van der Waals surface area contributed by atoms with Crippen molar-refractivity contribution in [3.05, 3.63) is 39.6 Å². The molecule has 0 aliphatic heterocycles. The summed E-state index contributed by atoms with van der Waals surface area (Å²) in [5, 5.41) is 3.11.